The van der Waals surface area contributed by atoms with Crippen LogP contribution in [0.15, 0.2) is 13.6 Å². The Balaban J connectivity index is 2.04. The Hall–Kier alpha value is -0.200. The van der Waals surface area contributed by atoms with Crippen LogP contribution in [0.1, 0.15) is 30.1 Å². The maximum Gasteiger partial charge on any atom is 0.223 e. The summed E-state index contributed by atoms with van der Waals surface area (Å²) in [6.45, 7) is 2.98. The Morgan fingerprint density at radius 2 is 2.28 bits per heavy atom. The predicted molar refractivity (Wildman–Crippen MR) is 79.0 cm³/mol. The number of likely N-dealkylation sites (tertiary alicyclic amines) is 1. The van der Waals surface area contributed by atoms with E-state index in [-0.39, 0.29) is 18.2 Å². The number of hydrogen-bond donors (Lipinski definition) is 0. The Morgan fingerprint density at radius 3 is 2.78 bits per heavy atom. The van der Waals surface area contributed by atoms with Crippen LogP contribution in [-0.2, 0) is 4.79 Å². The van der Waals surface area contributed by atoms with Crippen molar-refractivity contribution in [3.8, 4) is 0 Å². The van der Waals surface area contributed by atoms with E-state index in [0.29, 0.717) is 24.4 Å². The zero-order valence-corrected chi connectivity index (χ0v) is 13.9. The quantitative estimate of drug-likeness (QED) is 0.730. The van der Waals surface area contributed by atoms with Crippen LogP contribution in [0.4, 0.5) is 0 Å². The van der Waals surface area contributed by atoms with Gasteiger partial charge in [0.25, 0.3) is 0 Å². The van der Waals surface area contributed by atoms with Crippen molar-refractivity contribution in [2.45, 2.75) is 19.8 Å². The lowest BCUT2D eigenvalue weighted by molar-refractivity contribution is -0.127. The van der Waals surface area contributed by atoms with E-state index < -0.39 is 0 Å². The number of hydrogen-bond acceptors (Lipinski definition) is 3. The minimum Gasteiger partial charge on any atom is -0.335 e. The Morgan fingerprint density at radius 1 is 1.56 bits per heavy atom. The molecule has 2 rings (SSSR count). The van der Waals surface area contributed by atoms with Gasteiger partial charge in [-0.3, -0.25) is 9.59 Å². The van der Waals surface area contributed by atoms with Crippen molar-refractivity contribution < 1.29 is 9.59 Å². The first kappa shape index (κ1) is 14.2. The Labute approximate surface area is 127 Å². The van der Waals surface area contributed by atoms with E-state index in [1.165, 1.54) is 11.3 Å². The van der Waals surface area contributed by atoms with Crippen LogP contribution >= 0.6 is 43.2 Å². The number of carbonyl (C=O) groups is 2. The molecule has 1 aliphatic heterocycles. The third-order valence-electron chi connectivity index (χ3n) is 3.16. The van der Waals surface area contributed by atoms with Crippen molar-refractivity contribution in [1.82, 2.24) is 4.90 Å². The molecule has 0 radical (unpaired) electrons. The highest BCUT2D eigenvalue weighted by Crippen LogP contribution is 2.32. The zero-order chi connectivity index (χ0) is 13.3. The number of carbonyl (C=O) groups excluding carboxylic acids is 2. The minimum absolute atomic E-state index is 0.00562. The first-order valence-corrected chi connectivity index (χ1v) is 8.17. The standard InChI is InChI=1S/C12H13Br2NO2S/c1-2-7-3-11(17)15(5-7)6-9(16)8-4-10(13)18-12(8)14/h4,7H,2-3,5-6H2,1H3. The third kappa shape index (κ3) is 3.03. The minimum atomic E-state index is -0.00562. The number of ketones is 1. The van der Waals surface area contributed by atoms with E-state index in [9.17, 15) is 9.59 Å². The van der Waals surface area contributed by atoms with Gasteiger partial charge in [-0.1, -0.05) is 13.3 Å². The molecule has 1 aromatic heterocycles. The molecular weight excluding hydrogens is 382 g/mol. The summed E-state index contributed by atoms with van der Waals surface area (Å²) in [6, 6.07) is 1.80. The number of Topliss-reactive ketones (excluding diaryl/α,β-unsaturated/α-hetero) is 1. The van der Waals surface area contributed by atoms with Gasteiger partial charge >= 0.3 is 0 Å². The predicted octanol–water partition coefficient (Wildman–Crippen LogP) is 3.71. The van der Waals surface area contributed by atoms with Crippen LogP contribution in [0, 0.1) is 5.92 Å². The molecule has 1 amide bonds. The van der Waals surface area contributed by atoms with Crippen LogP contribution in [0.25, 0.3) is 0 Å². The van der Waals surface area contributed by atoms with Crippen LogP contribution < -0.4 is 0 Å². The molecule has 0 N–H and O–H groups in total. The van der Waals surface area contributed by atoms with Gasteiger partial charge in [-0.05, 0) is 43.8 Å². The van der Waals surface area contributed by atoms with E-state index in [0.717, 1.165) is 14.0 Å². The summed E-state index contributed by atoms with van der Waals surface area (Å²) < 4.78 is 1.73. The van der Waals surface area contributed by atoms with Gasteiger partial charge in [0.1, 0.15) is 0 Å². The summed E-state index contributed by atoms with van der Waals surface area (Å²) in [6.07, 6.45) is 1.57. The van der Waals surface area contributed by atoms with Crippen molar-refractivity contribution in [1.29, 1.82) is 0 Å². The van der Waals surface area contributed by atoms with E-state index in [1.807, 2.05) is 0 Å². The molecule has 1 saturated heterocycles. The summed E-state index contributed by atoms with van der Waals surface area (Å²) in [4.78, 5) is 25.6. The molecule has 1 aliphatic rings. The van der Waals surface area contributed by atoms with E-state index >= 15 is 0 Å². The first-order valence-electron chi connectivity index (χ1n) is 5.77. The molecule has 0 bridgehead atoms. The van der Waals surface area contributed by atoms with Crippen LogP contribution in [0.5, 0.6) is 0 Å². The van der Waals surface area contributed by atoms with Crippen molar-refractivity contribution in [3.63, 3.8) is 0 Å². The number of rotatable bonds is 4. The number of halogens is 2. The van der Waals surface area contributed by atoms with Gasteiger partial charge in [-0.2, -0.15) is 0 Å². The summed E-state index contributed by atoms with van der Waals surface area (Å²) in [5.41, 5.74) is 0.652. The van der Waals surface area contributed by atoms with Gasteiger partial charge in [-0.25, -0.2) is 0 Å². The van der Waals surface area contributed by atoms with E-state index in [4.69, 9.17) is 0 Å². The molecule has 0 saturated carbocycles. The maximum atomic E-state index is 12.1. The summed E-state index contributed by atoms with van der Waals surface area (Å²) in [7, 11) is 0. The Kier molecular flexibility index (Phi) is 4.61. The molecule has 1 fully saturated rings. The lowest BCUT2D eigenvalue weighted by Gasteiger charge is -2.15. The normalized spacial score (nSPS) is 19.6. The van der Waals surface area contributed by atoms with Gasteiger partial charge in [0.2, 0.25) is 5.91 Å². The lowest BCUT2D eigenvalue weighted by Crippen LogP contribution is -2.31. The maximum absolute atomic E-state index is 12.1. The van der Waals surface area contributed by atoms with Crippen LogP contribution in [0.2, 0.25) is 0 Å². The number of nitrogens with zero attached hydrogens (tertiary/aromatic N) is 1. The molecular formula is C12H13Br2NO2S. The highest BCUT2D eigenvalue weighted by atomic mass is 79.9. The van der Waals surface area contributed by atoms with E-state index in [2.05, 4.69) is 38.8 Å². The number of thiophene rings is 1. The molecule has 3 nitrogen and oxygen atoms in total. The molecule has 6 heteroatoms. The summed E-state index contributed by atoms with van der Waals surface area (Å²) in [5.74, 6) is 0.498. The molecule has 0 aliphatic carbocycles. The SMILES string of the molecule is CCC1CC(=O)N(CC(=O)c2cc(Br)sc2Br)C1. The summed E-state index contributed by atoms with van der Waals surface area (Å²) >= 11 is 8.19. The number of amides is 1. The fourth-order valence-electron chi connectivity index (χ4n) is 2.07. The Bertz CT molecular complexity index is 486. The summed E-state index contributed by atoms with van der Waals surface area (Å²) in [5, 5.41) is 0. The monoisotopic (exact) mass is 393 g/mol. The van der Waals surface area contributed by atoms with Gasteiger partial charge < -0.3 is 4.90 Å². The molecule has 1 atom stereocenters. The van der Waals surface area contributed by atoms with Crippen molar-refractivity contribution in [2.24, 2.45) is 5.92 Å². The van der Waals surface area contributed by atoms with Crippen molar-refractivity contribution in [3.05, 3.63) is 19.2 Å². The fourth-order valence-corrected chi connectivity index (χ4v) is 4.92. The van der Waals surface area contributed by atoms with Crippen LogP contribution in [-0.4, -0.2) is 29.7 Å². The molecule has 18 heavy (non-hydrogen) atoms. The first-order chi connectivity index (χ1) is 8.51. The molecule has 1 aromatic rings. The second-order valence-corrected chi connectivity index (χ2v) is 8.16. The topological polar surface area (TPSA) is 37.4 Å². The average Bonchev–Trinajstić information content (AvgIpc) is 2.82. The van der Waals surface area contributed by atoms with Gasteiger partial charge in [0.15, 0.2) is 5.78 Å². The highest BCUT2D eigenvalue weighted by molar-refractivity contribution is 9.12. The molecule has 98 valence electrons. The largest absolute Gasteiger partial charge is 0.335 e. The molecule has 0 spiro atoms. The molecule has 1 unspecified atom stereocenters. The second kappa shape index (κ2) is 5.84. The van der Waals surface area contributed by atoms with Crippen LogP contribution in [0.3, 0.4) is 0 Å². The average molecular weight is 395 g/mol. The molecule has 0 aromatic carbocycles. The van der Waals surface area contributed by atoms with Gasteiger partial charge in [-0.15, -0.1) is 11.3 Å². The van der Waals surface area contributed by atoms with Crippen molar-refractivity contribution in [2.75, 3.05) is 13.1 Å². The lowest BCUT2D eigenvalue weighted by atomic mass is 10.1. The van der Waals surface area contributed by atoms with Crippen molar-refractivity contribution >= 4 is 54.9 Å². The smallest absolute Gasteiger partial charge is 0.223 e. The second-order valence-electron chi connectivity index (χ2n) is 4.41. The van der Waals surface area contributed by atoms with Gasteiger partial charge in [0.05, 0.1) is 14.1 Å². The van der Waals surface area contributed by atoms with E-state index in [1.54, 1.807) is 11.0 Å². The highest BCUT2D eigenvalue weighted by Gasteiger charge is 2.30. The third-order valence-corrected chi connectivity index (χ3v) is 5.50. The fraction of sp³-hybridized carbons (Fsp3) is 0.500. The van der Waals surface area contributed by atoms with Gasteiger partial charge in [0, 0.05) is 18.5 Å². The molecule has 2 heterocycles. The zero-order valence-electron chi connectivity index (χ0n) is 9.91.